The summed E-state index contributed by atoms with van der Waals surface area (Å²) in [4.78, 5) is 4.61. The van der Waals surface area contributed by atoms with Crippen molar-refractivity contribution in [3.63, 3.8) is 0 Å². The van der Waals surface area contributed by atoms with Crippen LogP contribution in [0, 0.1) is 13.8 Å². The molecule has 1 heterocycles. The highest BCUT2D eigenvalue weighted by molar-refractivity contribution is 9.10. The van der Waals surface area contributed by atoms with Gasteiger partial charge in [0.15, 0.2) is 0 Å². The Morgan fingerprint density at radius 1 is 1.26 bits per heavy atom. The van der Waals surface area contributed by atoms with Gasteiger partial charge >= 0.3 is 0 Å². The van der Waals surface area contributed by atoms with Gasteiger partial charge in [-0.05, 0) is 59.6 Å². The van der Waals surface area contributed by atoms with E-state index in [1.54, 1.807) is 0 Å². The molecule has 0 fully saturated rings. The maximum atomic E-state index is 5.81. The van der Waals surface area contributed by atoms with E-state index >= 15 is 0 Å². The topological polar surface area (TPSA) is 48.1 Å². The van der Waals surface area contributed by atoms with Crippen molar-refractivity contribution in [1.29, 1.82) is 0 Å². The summed E-state index contributed by atoms with van der Waals surface area (Å²) in [6.45, 7) is 3.90. The fraction of sp³-hybridized carbons (Fsp3) is 0.143. The van der Waals surface area contributed by atoms with Crippen LogP contribution in [0.25, 0.3) is 0 Å². The third-order valence-electron chi connectivity index (χ3n) is 2.56. The van der Waals surface area contributed by atoms with Crippen molar-refractivity contribution in [3.05, 3.63) is 51.6 Å². The van der Waals surface area contributed by atoms with Crippen LogP contribution < -0.4 is 10.5 Å². The number of hydrogen-bond donors (Lipinski definition) is 1. The number of rotatable bonds is 3. The van der Waals surface area contributed by atoms with Crippen LogP contribution in [0.2, 0.25) is 0 Å². The van der Waals surface area contributed by atoms with Crippen LogP contribution in [0.3, 0.4) is 0 Å². The summed E-state index contributed by atoms with van der Waals surface area (Å²) in [6, 6.07) is 9.50. The van der Waals surface area contributed by atoms with Gasteiger partial charge < -0.3 is 10.5 Å². The average molecular weight is 337 g/mol. The molecule has 0 spiro atoms. The number of aryl methyl sites for hydroxylation is 2. The molecule has 19 heavy (non-hydrogen) atoms. The van der Waals surface area contributed by atoms with Crippen LogP contribution in [0.4, 0.5) is 0 Å². The standard InChI is InChI=1S/C14H13BrN2OS/c1-8-3-6-12(11(15)7-8)18-14-10(13(16)19)5-4-9(2)17-14/h3-7H,1-2H3,(H2,16,19). The first-order chi connectivity index (χ1) is 8.97. The molecule has 0 aliphatic rings. The minimum Gasteiger partial charge on any atom is -0.437 e. The fourth-order valence-electron chi connectivity index (χ4n) is 1.59. The molecule has 2 rings (SSSR count). The van der Waals surface area contributed by atoms with Crippen molar-refractivity contribution >= 4 is 33.1 Å². The third-order valence-corrected chi connectivity index (χ3v) is 3.40. The molecular weight excluding hydrogens is 324 g/mol. The molecule has 3 nitrogen and oxygen atoms in total. The molecule has 0 bridgehead atoms. The second-order valence-electron chi connectivity index (χ2n) is 4.21. The lowest BCUT2D eigenvalue weighted by Crippen LogP contribution is -2.12. The van der Waals surface area contributed by atoms with E-state index in [1.807, 2.05) is 44.2 Å². The van der Waals surface area contributed by atoms with Crippen molar-refractivity contribution < 1.29 is 4.74 Å². The fourth-order valence-corrected chi connectivity index (χ4v) is 2.32. The molecule has 1 aromatic carbocycles. The number of nitrogens with two attached hydrogens (primary N) is 1. The minimum atomic E-state index is 0.269. The number of pyridine rings is 1. The molecule has 98 valence electrons. The summed E-state index contributed by atoms with van der Waals surface area (Å²) in [5.74, 6) is 1.11. The summed E-state index contributed by atoms with van der Waals surface area (Å²) in [5.41, 5.74) is 8.30. The lowest BCUT2D eigenvalue weighted by atomic mass is 10.2. The number of hydrogen-bond acceptors (Lipinski definition) is 3. The van der Waals surface area contributed by atoms with E-state index in [2.05, 4.69) is 20.9 Å². The van der Waals surface area contributed by atoms with Gasteiger partial charge in [-0.25, -0.2) is 4.98 Å². The quantitative estimate of drug-likeness (QED) is 0.864. The van der Waals surface area contributed by atoms with Crippen LogP contribution in [-0.4, -0.2) is 9.97 Å². The van der Waals surface area contributed by atoms with Gasteiger partial charge in [0.05, 0.1) is 10.0 Å². The molecule has 1 aromatic heterocycles. The molecule has 2 N–H and O–H groups in total. The normalized spacial score (nSPS) is 10.3. The van der Waals surface area contributed by atoms with E-state index in [0.29, 0.717) is 17.2 Å². The Hall–Kier alpha value is -1.46. The van der Waals surface area contributed by atoms with E-state index in [9.17, 15) is 0 Å². The van der Waals surface area contributed by atoms with Gasteiger partial charge in [-0.1, -0.05) is 18.3 Å². The zero-order chi connectivity index (χ0) is 14.0. The molecule has 0 radical (unpaired) electrons. The Morgan fingerprint density at radius 2 is 2.00 bits per heavy atom. The van der Waals surface area contributed by atoms with Gasteiger partial charge in [0.2, 0.25) is 5.88 Å². The lowest BCUT2D eigenvalue weighted by molar-refractivity contribution is 0.458. The summed E-state index contributed by atoms with van der Waals surface area (Å²) in [5, 5.41) is 0. The van der Waals surface area contributed by atoms with Crippen LogP contribution in [0.5, 0.6) is 11.6 Å². The van der Waals surface area contributed by atoms with Gasteiger partial charge in [-0.2, -0.15) is 0 Å². The molecule has 0 unspecified atom stereocenters. The number of nitrogens with zero attached hydrogens (tertiary/aromatic N) is 1. The van der Waals surface area contributed by atoms with Gasteiger partial charge in [0.25, 0.3) is 0 Å². The maximum Gasteiger partial charge on any atom is 0.229 e. The number of ether oxygens (including phenoxy) is 1. The molecule has 0 saturated heterocycles. The van der Waals surface area contributed by atoms with E-state index in [-0.39, 0.29) is 4.99 Å². The van der Waals surface area contributed by atoms with Gasteiger partial charge in [-0.15, -0.1) is 0 Å². The Bertz CT molecular complexity index is 643. The Balaban J connectivity index is 2.42. The third kappa shape index (κ3) is 3.30. The molecular formula is C14H13BrN2OS. The molecule has 0 aliphatic heterocycles. The van der Waals surface area contributed by atoms with Crippen LogP contribution in [0.15, 0.2) is 34.8 Å². The number of thiocarbonyl (C=S) groups is 1. The zero-order valence-electron chi connectivity index (χ0n) is 10.6. The zero-order valence-corrected chi connectivity index (χ0v) is 13.0. The largest absolute Gasteiger partial charge is 0.437 e. The van der Waals surface area contributed by atoms with Crippen LogP contribution >= 0.6 is 28.1 Å². The first kappa shape index (κ1) is 14.0. The molecule has 0 aliphatic carbocycles. The lowest BCUT2D eigenvalue weighted by Gasteiger charge is -2.11. The van der Waals surface area contributed by atoms with E-state index < -0.39 is 0 Å². The van der Waals surface area contributed by atoms with Crippen LogP contribution in [0.1, 0.15) is 16.8 Å². The highest BCUT2D eigenvalue weighted by Crippen LogP contribution is 2.31. The summed E-state index contributed by atoms with van der Waals surface area (Å²) in [7, 11) is 0. The Morgan fingerprint density at radius 3 is 2.63 bits per heavy atom. The summed E-state index contributed by atoms with van der Waals surface area (Å²) >= 11 is 8.48. The van der Waals surface area contributed by atoms with E-state index in [1.165, 1.54) is 0 Å². The number of aromatic nitrogens is 1. The van der Waals surface area contributed by atoms with Crippen LogP contribution in [-0.2, 0) is 0 Å². The summed E-state index contributed by atoms with van der Waals surface area (Å²) < 4.78 is 6.68. The second kappa shape index (κ2) is 5.67. The van der Waals surface area contributed by atoms with Crippen molar-refractivity contribution in [2.75, 3.05) is 0 Å². The van der Waals surface area contributed by atoms with Gasteiger partial charge in [-0.3, -0.25) is 0 Å². The predicted molar refractivity (Wildman–Crippen MR) is 83.8 cm³/mol. The van der Waals surface area contributed by atoms with E-state index in [4.69, 9.17) is 22.7 Å². The summed E-state index contributed by atoms with van der Waals surface area (Å²) in [6.07, 6.45) is 0. The highest BCUT2D eigenvalue weighted by Gasteiger charge is 2.11. The molecule has 0 atom stereocenters. The van der Waals surface area contributed by atoms with E-state index in [0.717, 1.165) is 15.7 Å². The Kier molecular flexibility index (Phi) is 4.17. The average Bonchev–Trinajstić information content (AvgIpc) is 2.32. The van der Waals surface area contributed by atoms with Crippen molar-refractivity contribution in [2.45, 2.75) is 13.8 Å². The maximum absolute atomic E-state index is 5.81. The van der Waals surface area contributed by atoms with Crippen molar-refractivity contribution in [2.24, 2.45) is 5.73 Å². The smallest absolute Gasteiger partial charge is 0.229 e. The van der Waals surface area contributed by atoms with Crippen molar-refractivity contribution in [3.8, 4) is 11.6 Å². The molecule has 2 aromatic rings. The monoisotopic (exact) mass is 336 g/mol. The van der Waals surface area contributed by atoms with Gasteiger partial charge in [0, 0.05) is 5.69 Å². The molecule has 0 saturated carbocycles. The first-order valence-electron chi connectivity index (χ1n) is 5.69. The Labute approximate surface area is 125 Å². The predicted octanol–water partition coefficient (Wildman–Crippen LogP) is 3.89. The minimum absolute atomic E-state index is 0.269. The second-order valence-corrected chi connectivity index (χ2v) is 5.50. The SMILES string of the molecule is Cc1ccc(Oc2nc(C)ccc2C(N)=S)c(Br)c1. The molecule has 0 amide bonds. The molecule has 5 heteroatoms. The van der Waals surface area contributed by atoms with Crippen molar-refractivity contribution in [1.82, 2.24) is 4.98 Å². The number of halogens is 1. The first-order valence-corrected chi connectivity index (χ1v) is 6.89. The highest BCUT2D eigenvalue weighted by atomic mass is 79.9. The number of benzene rings is 1. The van der Waals surface area contributed by atoms with Gasteiger partial charge in [0.1, 0.15) is 10.7 Å².